The lowest BCUT2D eigenvalue weighted by molar-refractivity contribution is 0.349. The number of hydrogen-bond donors (Lipinski definition) is 0. The van der Waals surface area contributed by atoms with Crippen LogP contribution in [0.25, 0.3) is 0 Å². The van der Waals surface area contributed by atoms with Gasteiger partial charge in [-0.05, 0) is 57.9 Å². The summed E-state index contributed by atoms with van der Waals surface area (Å²) < 4.78 is 5.54. The minimum Gasteiger partial charge on any atom is -0.362 e. The molecular formula is C20H30O. The Morgan fingerprint density at radius 1 is 1.29 bits per heavy atom. The Kier molecular flexibility index (Phi) is 4.63. The lowest BCUT2D eigenvalue weighted by atomic mass is 9.72. The lowest BCUT2D eigenvalue weighted by Crippen LogP contribution is -2.19. The smallest absolute Gasteiger partial charge is 0.110 e. The number of allylic oxidation sites excluding steroid dienone is 7. The molecule has 0 aromatic carbocycles. The summed E-state index contributed by atoms with van der Waals surface area (Å²) in [5.41, 5.74) is 4.64. The zero-order valence-electron chi connectivity index (χ0n) is 14.5. The van der Waals surface area contributed by atoms with Crippen LogP contribution >= 0.6 is 0 Å². The number of epoxide rings is 1. The first-order valence-electron chi connectivity index (χ1n) is 8.17. The summed E-state index contributed by atoms with van der Waals surface area (Å²) in [6, 6.07) is 0. The second kappa shape index (κ2) is 5.96. The van der Waals surface area contributed by atoms with Gasteiger partial charge in [-0.2, -0.15) is 0 Å². The van der Waals surface area contributed by atoms with Crippen LogP contribution < -0.4 is 0 Å². The first kappa shape index (κ1) is 16.3. The van der Waals surface area contributed by atoms with E-state index in [1.807, 2.05) is 0 Å². The van der Waals surface area contributed by atoms with Crippen LogP contribution in [0.4, 0.5) is 0 Å². The molecule has 1 aliphatic heterocycles. The number of hydrogen-bond acceptors (Lipinski definition) is 1. The Morgan fingerprint density at radius 3 is 2.52 bits per heavy atom. The third-order valence-electron chi connectivity index (χ3n) is 5.02. The fraction of sp³-hybridized carbons (Fsp3) is 0.600. The molecule has 2 atom stereocenters. The predicted molar refractivity (Wildman–Crippen MR) is 91.3 cm³/mol. The van der Waals surface area contributed by atoms with Crippen LogP contribution in [0.1, 0.15) is 60.8 Å². The molecule has 1 fully saturated rings. The van der Waals surface area contributed by atoms with Gasteiger partial charge >= 0.3 is 0 Å². The topological polar surface area (TPSA) is 12.5 Å². The molecule has 0 radical (unpaired) electrons. The summed E-state index contributed by atoms with van der Waals surface area (Å²) in [5.74, 6) is 0. The average Bonchev–Trinajstić information content (AvgIpc) is 2.95. The van der Waals surface area contributed by atoms with Crippen molar-refractivity contribution in [2.75, 3.05) is 0 Å². The van der Waals surface area contributed by atoms with Gasteiger partial charge in [0.15, 0.2) is 0 Å². The molecule has 0 bridgehead atoms. The van der Waals surface area contributed by atoms with Crippen molar-refractivity contribution in [1.29, 1.82) is 0 Å². The van der Waals surface area contributed by atoms with Gasteiger partial charge in [-0.15, -0.1) is 0 Å². The molecule has 0 N–H and O–H groups in total. The predicted octanol–water partition coefficient (Wildman–Crippen LogP) is 5.75. The van der Waals surface area contributed by atoms with E-state index in [4.69, 9.17) is 4.74 Å². The van der Waals surface area contributed by atoms with E-state index in [9.17, 15) is 0 Å². The monoisotopic (exact) mass is 286 g/mol. The van der Waals surface area contributed by atoms with Crippen molar-refractivity contribution in [2.24, 2.45) is 5.41 Å². The molecule has 1 nitrogen and oxygen atoms in total. The molecule has 1 saturated heterocycles. The molecule has 0 spiro atoms. The molecule has 1 aliphatic carbocycles. The molecule has 2 rings (SSSR count). The van der Waals surface area contributed by atoms with E-state index < -0.39 is 0 Å². The van der Waals surface area contributed by atoms with Gasteiger partial charge in [-0.1, -0.05) is 55.4 Å². The van der Waals surface area contributed by atoms with Crippen molar-refractivity contribution < 1.29 is 4.74 Å². The van der Waals surface area contributed by atoms with Gasteiger partial charge in [-0.25, -0.2) is 0 Å². The second-order valence-electron chi connectivity index (χ2n) is 7.48. The van der Waals surface area contributed by atoms with E-state index >= 15 is 0 Å². The van der Waals surface area contributed by atoms with Gasteiger partial charge in [0, 0.05) is 0 Å². The Bertz CT molecular complexity index is 516. The summed E-state index contributed by atoms with van der Waals surface area (Å²) >= 11 is 0. The summed E-state index contributed by atoms with van der Waals surface area (Å²) in [4.78, 5) is 0. The van der Waals surface area contributed by atoms with E-state index in [2.05, 4.69) is 71.9 Å². The zero-order valence-corrected chi connectivity index (χ0v) is 14.5. The van der Waals surface area contributed by atoms with Gasteiger partial charge in [0.2, 0.25) is 0 Å². The SMILES string of the molecule is CC(C=CC1=C(C)CCCC1(C)C)=CC=CC1(C)OC1C. The van der Waals surface area contributed by atoms with E-state index in [0.717, 1.165) is 0 Å². The molecular weight excluding hydrogens is 256 g/mol. The molecule has 21 heavy (non-hydrogen) atoms. The van der Waals surface area contributed by atoms with Crippen molar-refractivity contribution >= 4 is 0 Å². The van der Waals surface area contributed by atoms with Crippen molar-refractivity contribution in [3.8, 4) is 0 Å². The highest BCUT2D eigenvalue weighted by atomic mass is 16.6. The first-order valence-corrected chi connectivity index (χ1v) is 8.17. The number of ether oxygens (including phenoxy) is 1. The summed E-state index contributed by atoms with van der Waals surface area (Å²) in [5, 5.41) is 0. The minimum absolute atomic E-state index is 0.0367. The normalized spacial score (nSPS) is 33.2. The van der Waals surface area contributed by atoms with Gasteiger partial charge < -0.3 is 4.74 Å². The molecule has 1 heteroatoms. The number of rotatable bonds is 4. The van der Waals surface area contributed by atoms with Gasteiger partial charge in [0.25, 0.3) is 0 Å². The maximum Gasteiger partial charge on any atom is 0.110 e. The molecule has 116 valence electrons. The fourth-order valence-electron chi connectivity index (χ4n) is 3.19. The maximum atomic E-state index is 5.54. The van der Waals surface area contributed by atoms with E-state index in [0.29, 0.717) is 11.5 Å². The molecule has 1 heterocycles. The molecule has 0 saturated carbocycles. The zero-order chi connectivity index (χ0) is 15.7. The van der Waals surface area contributed by atoms with E-state index in [1.54, 1.807) is 5.57 Å². The van der Waals surface area contributed by atoms with Crippen molar-refractivity contribution in [1.82, 2.24) is 0 Å². The Hall–Kier alpha value is -1.08. The Labute approximate surface area is 130 Å². The van der Waals surface area contributed by atoms with Crippen LogP contribution in [0.2, 0.25) is 0 Å². The highest BCUT2D eigenvalue weighted by Crippen LogP contribution is 2.40. The van der Waals surface area contributed by atoms with Crippen molar-refractivity contribution in [3.05, 3.63) is 47.1 Å². The van der Waals surface area contributed by atoms with Crippen LogP contribution in [-0.2, 0) is 4.74 Å². The average molecular weight is 286 g/mol. The van der Waals surface area contributed by atoms with Crippen molar-refractivity contribution in [2.45, 2.75) is 72.5 Å². The van der Waals surface area contributed by atoms with Gasteiger partial charge in [0.05, 0.1) is 6.10 Å². The summed E-state index contributed by atoms with van der Waals surface area (Å²) in [7, 11) is 0. The van der Waals surface area contributed by atoms with Gasteiger partial charge in [0.1, 0.15) is 5.60 Å². The fourth-order valence-corrected chi connectivity index (χ4v) is 3.19. The minimum atomic E-state index is -0.0367. The molecule has 0 aromatic rings. The molecule has 2 aliphatic rings. The van der Waals surface area contributed by atoms with Gasteiger partial charge in [-0.3, -0.25) is 0 Å². The van der Waals surface area contributed by atoms with Crippen LogP contribution in [0.5, 0.6) is 0 Å². The van der Waals surface area contributed by atoms with Crippen molar-refractivity contribution in [3.63, 3.8) is 0 Å². The molecule has 0 aromatic heterocycles. The first-order chi connectivity index (χ1) is 9.74. The summed E-state index contributed by atoms with van der Waals surface area (Å²) in [6.45, 7) is 13.4. The quantitative estimate of drug-likeness (QED) is 0.473. The van der Waals surface area contributed by atoms with Crippen LogP contribution in [0.3, 0.4) is 0 Å². The van der Waals surface area contributed by atoms with E-state index in [-0.39, 0.29) is 5.60 Å². The molecule has 0 amide bonds. The standard InChI is InChI=1S/C20H30O/c1-15(9-7-14-20(6)17(3)21-20)11-12-18-16(2)10-8-13-19(18,4)5/h7,9,11-12,14,17H,8,10,13H2,1-6H3. The second-order valence-corrected chi connectivity index (χ2v) is 7.48. The highest BCUT2D eigenvalue weighted by Gasteiger charge is 2.46. The maximum absolute atomic E-state index is 5.54. The Morgan fingerprint density at radius 2 is 1.95 bits per heavy atom. The van der Waals surface area contributed by atoms with Crippen LogP contribution in [0.15, 0.2) is 47.1 Å². The molecule has 2 unspecified atom stereocenters. The third-order valence-corrected chi connectivity index (χ3v) is 5.02. The summed E-state index contributed by atoms with van der Waals surface area (Å²) in [6.07, 6.45) is 15.2. The largest absolute Gasteiger partial charge is 0.362 e. The van der Waals surface area contributed by atoms with Crippen LogP contribution in [-0.4, -0.2) is 11.7 Å². The van der Waals surface area contributed by atoms with Crippen LogP contribution in [0, 0.1) is 5.41 Å². The highest BCUT2D eigenvalue weighted by molar-refractivity contribution is 5.36. The third kappa shape index (κ3) is 3.97. The van der Waals surface area contributed by atoms with E-state index in [1.165, 1.54) is 30.4 Å². The lowest BCUT2D eigenvalue weighted by Gasteiger charge is -2.32. The Balaban J connectivity index is 2.03.